The van der Waals surface area contributed by atoms with Gasteiger partial charge in [-0.15, -0.1) is 11.3 Å². The van der Waals surface area contributed by atoms with Gasteiger partial charge in [-0.05, 0) is 30.2 Å². The molecule has 3 N–H and O–H groups in total. The molecule has 1 atom stereocenters. The maximum Gasteiger partial charge on any atom is 0.420 e. The van der Waals surface area contributed by atoms with Gasteiger partial charge in [-0.3, -0.25) is 14.1 Å². The van der Waals surface area contributed by atoms with Crippen LogP contribution in [0, 0.1) is 5.82 Å². The van der Waals surface area contributed by atoms with E-state index in [0.29, 0.717) is 5.56 Å². The summed E-state index contributed by atoms with van der Waals surface area (Å²) >= 11 is 1.03. The Labute approximate surface area is 196 Å². The summed E-state index contributed by atoms with van der Waals surface area (Å²) in [6.45, 7) is 1.70. The van der Waals surface area contributed by atoms with Crippen LogP contribution in [0.1, 0.15) is 24.1 Å². The number of anilines is 1. The molecule has 4 rings (SSSR count). The number of sulfonamides is 1. The van der Waals surface area contributed by atoms with Crippen molar-refractivity contribution in [3.63, 3.8) is 0 Å². The number of aromatic nitrogens is 2. The maximum atomic E-state index is 15.2. The average Bonchev–Trinajstić information content (AvgIpc) is 3.40. The molecule has 0 saturated heterocycles. The molecule has 2 aromatic carbocycles. The number of nitrogens with one attached hydrogen (secondary N) is 2. The molecule has 0 saturated carbocycles. The van der Waals surface area contributed by atoms with Crippen LogP contribution in [-0.2, 0) is 21.4 Å². The van der Waals surface area contributed by atoms with Crippen molar-refractivity contribution in [2.45, 2.75) is 24.4 Å². The molecule has 0 radical (unpaired) electrons. The number of carbonyl (C=O) groups is 1. The van der Waals surface area contributed by atoms with Crippen molar-refractivity contribution in [2.75, 3.05) is 11.3 Å². The number of hydrogen-bond donors (Lipinski definition) is 3. The van der Waals surface area contributed by atoms with Crippen LogP contribution in [0.2, 0.25) is 0 Å². The van der Waals surface area contributed by atoms with Crippen molar-refractivity contribution >= 4 is 43.6 Å². The molecule has 2 heterocycles. The lowest BCUT2D eigenvalue weighted by Crippen LogP contribution is -2.24. The standard InChI is InChI=1S/C21H19FN4O6S2/c1-12(14-5-3-2-4-13(14)10-23-11-17(27)28)26-15-6-7-16(18(22)19(15)32-21(26)29)34(30,31)25-20-24-8-9-33-20/h2-9,12,23H,10-11H2,1H3,(H,24,25)(H,27,28). The van der Waals surface area contributed by atoms with Gasteiger partial charge in [0.25, 0.3) is 10.0 Å². The Hall–Kier alpha value is -3.55. The Morgan fingerprint density at radius 1 is 1.29 bits per heavy atom. The van der Waals surface area contributed by atoms with Crippen molar-refractivity contribution in [1.82, 2.24) is 14.9 Å². The monoisotopic (exact) mass is 506 g/mol. The Morgan fingerprint density at radius 2 is 2.06 bits per heavy atom. The molecule has 13 heteroatoms. The van der Waals surface area contributed by atoms with Gasteiger partial charge in [0, 0.05) is 18.1 Å². The summed E-state index contributed by atoms with van der Waals surface area (Å²) in [4.78, 5) is 26.6. The van der Waals surface area contributed by atoms with Crippen LogP contribution in [0.25, 0.3) is 11.1 Å². The lowest BCUT2D eigenvalue weighted by atomic mass is 10.0. The van der Waals surface area contributed by atoms with Crippen molar-refractivity contribution in [3.8, 4) is 0 Å². The second kappa shape index (κ2) is 9.37. The summed E-state index contributed by atoms with van der Waals surface area (Å²) in [5.41, 5.74) is 1.02. The van der Waals surface area contributed by atoms with E-state index >= 15 is 4.39 Å². The number of carboxylic acid groups (broad SMARTS) is 1. The molecule has 10 nitrogen and oxygen atoms in total. The summed E-state index contributed by atoms with van der Waals surface area (Å²) < 4.78 is 49.1. The van der Waals surface area contributed by atoms with E-state index in [1.165, 1.54) is 16.8 Å². The fraction of sp³-hybridized carbons (Fsp3) is 0.190. The molecule has 4 aromatic rings. The topological polar surface area (TPSA) is 144 Å². The normalized spacial score (nSPS) is 12.6. The maximum absolute atomic E-state index is 15.2. The number of hydrogen-bond acceptors (Lipinski definition) is 8. The van der Waals surface area contributed by atoms with E-state index in [1.54, 1.807) is 36.6 Å². The highest BCUT2D eigenvalue weighted by Gasteiger charge is 2.27. The van der Waals surface area contributed by atoms with Gasteiger partial charge in [0.15, 0.2) is 16.5 Å². The minimum absolute atomic E-state index is 0.0697. The van der Waals surface area contributed by atoms with E-state index in [2.05, 4.69) is 15.0 Å². The SMILES string of the molecule is CC(c1ccccc1CNCC(=O)O)n1c(=O)oc2c(F)c(S(=O)(=O)Nc3nccs3)ccc21. The van der Waals surface area contributed by atoms with Crippen LogP contribution < -0.4 is 15.8 Å². The predicted octanol–water partition coefficient (Wildman–Crippen LogP) is 2.77. The Balaban J connectivity index is 1.73. The smallest absolute Gasteiger partial charge is 0.420 e. The summed E-state index contributed by atoms with van der Waals surface area (Å²) in [5.74, 6) is -3.06. The number of halogens is 1. The molecule has 0 aliphatic heterocycles. The van der Waals surface area contributed by atoms with E-state index in [9.17, 15) is 18.0 Å². The zero-order chi connectivity index (χ0) is 24.5. The summed E-state index contributed by atoms with van der Waals surface area (Å²) in [7, 11) is -4.31. The molecular weight excluding hydrogens is 487 g/mol. The quantitative estimate of drug-likeness (QED) is 0.314. The van der Waals surface area contributed by atoms with E-state index in [-0.39, 0.29) is 23.7 Å². The van der Waals surface area contributed by atoms with Crippen molar-refractivity contribution in [3.05, 3.63) is 75.5 Å². The molecule has 0 fully saturated rings. The van der Waals surface area contributed by atoms with Gasteiger partial charge in [-0.25, -0.2) is 22.6 Å². The van der Waals surface area contributed by atoms with Crippen LogP contribution in [0.4, 0.5) is 9.52 Å². The first-order chi connectivity index (χ1) is 16.2. The lowest BCUT2D eigenvalue weighted by molar-refractivity contribution is -0.136. The number of oxazole rings is 1. The molecular formula is C21H19FN4O6S2. The number of nitrogens with zero attached hydrogens (tertiary/aromatic N) is 2. The van der Waals surface area contributed by atoms with Crippen molar-refractivity contribution < 1.29 is 27.1 Å². The second-order valence-electron chi connectivity index (χ2n) is 7.28. The van der Waals surface area contributed by atoms with E-state index < -0.39 is 44.1 Å². The fourth-order valence-corrected chi connectivity index (χ4v) is 5.48. The molecule has 1 unspecified atom stereocenters. The number of benzene rings is 2. The van der Waals surface area contributed by atoms with Gasteiger partial charge in [0.1, 0.15) is 4.90 Å². The molecule has 0 amide bonds. The van der Waals surface area contributed by atoms with Gasteiger partial charge >= 0.3 is 11.7 Å². The van der Waals surface area contributed by atoms with Crippen molar-refractivity contribution in [1.29, 1.82) is 0 Å². The van der Waals surface area contributed by atoms with Crippen LogP contribution in [-0.4, -0.2) is 35.6 Å². The highest BCUT2D eigenvalue weighted by molar-refractivity contribution is 7.93. The first kappa shape index (κ1) is 23.6. The summed E-state index contributed by atoms with van der Waals surface area (Å²) in [6, 6.07) is 8.83. The molecule has 0 bridgehead atoms. The van der Waals surface area contributed by atoms with Crippen LogP contribution in [0.15, 0.2) is 62.1 Å². The Morgan fingerprint density at radius 3 is 2.76 bits per heavy atom. The molecule has 0 aliphatic carbocycles. The van der Waals surface area contributed by atoms with E-state index in [1.807, 2.05) is 0 Å². The first-order valence-corrected chi connectivity index (χ1v) is 12.3. The number of aliphatic carboxylic acids is 1. The van der Waals surface area contributed by atoms with E-state index in [4.69, 9.17) is 9.52 Å². The Bertz CT molecular complexity index is 1510. The molecule has 0 spiro atoms. The minimum Gasteiger partial charge on any atom is -0.480 e. The third kappa shape index (κ3) is 4.58. The zero-order valence-electron chi connectivity index (χ0n) is 17.7. The van der Waals surface area contributed by atoms with Gasteiger partial charge < -0.3 is 14.8 Å². The third-order valence-electron chi connectivity index (χ3n) is 5.11. The predicted molar refractivity (Wildman–Crippen MR) is 123 cm³/mol. The highest BCUT2D eigenvalue weighted by atomic mass is 32.2. The summed E-state index contributed by atoms with van der Waals surface area (Å²) in [6.07, 6.45) is 1.40. The highest BCUT2D eigenvalue weighted by Crippen LogP contribution is 2.30. The molecule has 0 aliphatic rings. The van der Waals surface area contributed by atoms with Crippen LogP contribution >= 0.6 is 11.3 Å². The van der Waals surface area contributed by atoms with Gasteiger partial charge in [-0.1, -0.05) is 24.3 Å². The van der Waals surface area contributed by atoms with E-state index in [0.717, 1.165) is 23.0 Å². The lowest BCUT2D eigenvalue weighted by Gasteiger charge is -2.18. The number of thiazole rings is 1. The number of carboxylic acids is 1. The third-order valence-corrected chi connectivity index (χ3v) is 7.29. The second-order valence-corrected chi connectivity index (χ2v) is 9.82. The first-order valence-electron chi connectivity index (χ1n) is 9.95. The number of fused-ring (bicyclic) bond motifs is 1. The van der Waals surface area contributed by atoms with Gasteiger partial charge in [-0.2, -0.15) is 0 Å². The molecule has 2 aromatic heterocycles. The van der Waals surface area contributed by atoms with Gasteiger partial charge in [0.2, 0.25) is 0 Å². The Kier molecular flexibility index (Phi) is 6.50. The number of rotatable bonds is 9. The summed E-state index contributed by atoms with van der Waals surface area (Å²) in [5, 5.41) is 13.3. The van der Waals surface area contributed by atoms with Crippen LogP contribution in [0.3, 0.4) is 0 Å². The molecule has 178 valence electrons. The minimum atomic E-state index is -4.31. The average molecular weight is 507 g/mol. The largest absolute Gasteiger partial charge is 0.480 e. The molecule has 34 heavy (non-hydrogen) atoms. The van der Waals surface area contributed by atoms with Gasteiger partial charge in [0.05, 0.1) is 18.1 Å². The van der Waals surface area contributed by atoms with Crippen LogP contribution in [0.5, 0.6) is 0 Å². The van der Waals surface area contributed by atoms with Crippen molar-refractivity contribution in [2.24, 2.45) is 0 Å². The fourth-order valence-electron chi connectivity index (χ4n) is 3.61. The zero-order valence-corrected chi connectivity index (χ0v) is 19.3.